The van der Waals surface area contributed by atoms with Crippen LogP contribution in [0.25, 0.3) is 0 Å². The summed E-state index contributed by atoms with van der Waals surface area (Å²) in [5.74, 6) is -0.877. The summed E-state index contributed by atoms with van der Waals surface area (Å²) in [5.41, 5.74) is 4.26. The SMILES string of the molecule is Cc1cc(C)c(NC(=O)C(C)OC(=O)c2ccc(Br)cc2)c(C)c1. The van der Waals surface area contributed by atoms with Crippen molar-refractivity contribution in [2.75, 3.05) is 5.32 Å². The minimum Gasteiger partial charge on any atom is -0.449 e. The van der Waals surface area contributed by atoms with Crippen molar-refractivity contribution in [3.8, 4) is 0 Å². The van der Waals surface area contributed by atoms with E-state index in [-0.39, 0.29) is 5.91 Å². The molecule has 0 saturated carbocycles. The second-order valence-electron chi connectivity index (χ2n) is 5.82. The maximum Gasteiger partial charge on any atom is 0.338 e. The standard InChI is InChI=1S/C19H20BrNO3/c1-11-9-12(2)17(13(3)10-11)21-18(22)14(4)24-19(23)15-5-7-16(20)8-6-15/h5-10,14H,1-4H3,(H,21,22). The summed E-state index contributed by atoms with van der Waals surface area (Å²) in [6, 6.07) is 10.8. The van der Waals surface area contributed by atoms with E-state index in [1.165, 1.54) is 0 Å². The zero-order valence-corrected chi connectivity index (χ0v) is 15.7. The number of carbonyl (C=O) groups excluding carboxylic acids is 2. The van der Waals surface area contributed by atoms with Crippen molar-refractivity contribution in [1.29, 1.82) is 0 Å². The van der Waals surface area contributed by atoms with Crippen LogP contribution < -0.4 is 5.32 Å². The number of hydrogen-bond donors (Lipinski definition) is 1. The Bertz CT molecular complexity index is 746. The number of carbonyl (C=O) groups is 2. The quantitative estimate of drug-likeness (QED) is 0.779. The van der Waals surface area contributed by atoms with Crippen molar-refractivity contribution >= 4 is 33.5 Å². The van der Waals surface area contributed by atoms with Gasteiger partial charge in [0.1, 0.15) is 0 Å². The Hall–Kier alpha value is -2.14. The largest absolute Gasteiger partial charge is 0.449 e. The molecule has 0 aliphatic rings. The normalized spacial score (nSPS) is 11.7. The topological polar surface area (TPSA) is 55.4 Å². The lowest BCUT2D eigenvalue weighted by atomic mass is 10.0. The molecule has 0 aliphatic carbocycles. The highest BCUT2D eigenvalue weighted by atomic mass is 79.9. The first-order chi connectivity index (χ1) is 11.3. The lowest BCUT2D eigenvalue weighted by Crippen LogP contribution is -2.30. The molecule has 1 unspecified atom stereocenters. The highest BCUT2D eigenvalue weighted by Gasteiger charge is 2.20. The van der Waals surface area contributed by atoms with Crippen LogP contribution in [-0.4, -0.2) is 18.0 Å². The third-order valence-electron chi connectivity index (χ3n) is 3.66. The van der Waals surface area contributed by atoms with Gasteiger partial charge in [-0.05, 0) is 63.1 Å². The van der Waals surface area contributed by atoms with Crippen molar-refractivity contribution in [1.82, 2.24) is 0 Å². The van der Waals surface area contributed by atoms with Gasteiger partial charge >= 0.3 is 5.97 Å². The van der Waals surface area contributed by atoms with Gasteiger partial charge in [0.05, 0.1) is 5.56 Å². The molecule has 0 saturated heterocycles. The van der Waals surface area contributed by atoms with E-state index in [9.17, 15) is 9.59 Å². The Morgan fingerprint density at radius 3 is 2.12 bits per heavy atom. The summed E-state index contributed by atoms with van der Waals surface area (Å²) >= 11 is 3.31. The van der Waals surface area contributed by atoms with Gasteiger partial charge in [0.15, 0.2) is 6.10 Å². The van der Waals surface area contributed by atoms with E-state index in [1.807, 2.05) is 32.9 Å². The van der Waals surface area contributed by atoms with Crippen LogP contribution in [0.15, 0.2) is 40.9 Å². The van der Waals surface area contributed by atoms with Crippen LogP contribution in [0.2, 0.25) is 0 Å². The number of halogens is 1. The van der Waals surface area contributed by atoms with Gasteiger partial charge in [0.2, 0.25) is 0 Å². The molecule has 0 bridgehead atoms. The second kappa shape index (κ2) is 7.62. The van der Waals surface area contributed by atoms with E-state index in [2.05, 4.69) is 21.2 Å². The van der Waals surface area contributed by atoms with Gasteiger partial charge in [-0.1, -0.05) is 33.6 Å². The molecule has 1 amide bonds. The molecule has 0 radical (unpaired) electrons. The van der Waals surface area contributed by atoms with Crippen LogP contribution in [-0.2, 0) is 9.53 Å². The highest BCUT2D eigenvalue weighted by molar-refractivity contribution is 9.10. The number of nitrogens with one attached hydrogen (secondary N) is 1. The average molecular weight is 390 g/mol. The molecule has 2 aromatic rings. The van der Waals surface area contributed by atoms with Crippen LogP contribution in [0.1, 0.15) is 34.0 Å². The lowest BCUT2D eigenvalue weighted by Gasteiger charge is -2.17. The van der Waals surface area contributed by atoms with E-state index in [0.717, 1.165) is 26.9 Å². The molecule has 0 aromatic heterocycles. The first-order valence-electron chi connectivity index (χ1n) is 7.63. The van der Waals surface area contributed by atoms with E-state index in [0.29, 0.717) is 5.56 Å². The Kier molecular flexibility index (Phi) is 5.78. The molecule has 0 fully saturated rings. The van der Waals surface area contributed by atoms with Crippen LogP contribution in [0.5, 0.6) is 0 Å². The Morgan fingerprint density at radius 1 is 1.04 bits per heavy atom. The molecule has 2 aromatic carbocycles. The van der Waals surface area contributed by atoms with Gasteiger partial charge in [-0.25, -0.2) is 4.79 Å². The summed E-state index contributed by atoms with van der Waals surface area (Å²) in [7, 11) is 0. The lowest BCUT2D eigenvalue weighted by molar-refractivity contribution is -0.123. The summed E-state index contributed by atoms with van der Waals surface area (Å²) in [4.78, 5) is 24.4. The van der Waals surface area contributed by atoms with Crippen molar-refractivity contribution in [3.05, 3.63) is 63.1 Å². The van der Waals surface area contributed by atoms with Gasteiger partial charge in [-0.15, -0.1) is 0 Å². The number of benzene rings is 2. The summed E-state index contributed by atoms with van der Waals surface area (Å²) in [6.07, 6.45) is -0.888. The molecule has 1 N–H and O–H groups in total. The Labute approximate surface area is 150 Å². The molecule has 1 atom stereocenters. The maximum atomic E-state index is 12.3. The first kappa shape index (κ1) is 18.2. The fourth-order valence-corrected chi connectivity index (χ4v) is 2.73. The number of ether oxygens (including phenoxy) is 1. The zero-order chi connectivity index (χ0) is 17.9. The van der Waals surface area contributed by atoms with Gasteiger partial charge in [-0.3, -0.25) is 4.79 Å². The van der Waals surface area contributed by atoms with Crippen LogP contribution in [0.4, 0.5) is 5.69 Å². The van der Waals surface area contributed by atoms with Gasteiger partial charge in [0, 0.05) is 10.2 Å². The number of amides is 1. The number of hydrogen-bond acceptors (Lipinski definition) is 3. The average Bonchev–Trinajstić information content (AvgIpc) is 2.51. The number of anilines is 1. The highest BCUT2D eigenvalue weighted by Crippen LogP contribution is 2.22. The second-order valence-corrected chi connectivity index (χ2v) is 6.73. The Balaban J connectivity index is 2.05. The molecule has 0 heterocycles. The van der Waals surface area contributed by atoms with E-state index >= 15 is 0 Å². The van der Waals surface area contributed by atoms with Crippen LogP contribution >= 0.6 is 15.9 Å². The Morgan fingerprint density at radius 2 is 1.58 bits per heavy atom. The molecule has 5 heteroatoms. The van der Waals surface area contributed by atoms with Crippen LogP contribution in [0, 0.1) is 20.8 Å². The summed E-state index contributed by atoms with van der Waals surface area (Å²) in [5, 5.41) is 2.85. The zero-order valence-electron chi connectivity index (χ0n) is 14.1. The van der Waals surface area contributed by atoms with Gasteiger partial charge < -0.3 is 10.1 Å². The number of esters is 1. The molecule has 0 aliphatic heterocycles. The van der Waals surface area contributed by atoms with Gasteiger partial charge in [-0.2, -0.15) is 0 Å². The van der Waals surface area contributed by atoms with Crippen molar-refractivity contribution in [3.63, 3.8) is 0 Å². The molecule has 24 heavy (non-hydrogen) atoms. The van der Waals surface area contributed by atoms with Crippen molar-refractivity contribution in [2.24, 2.45) is 0 Å². The predicted molar refractivity (Wildman–Crippen MR) is 98.3 cm³/mol. The molecule has 126 valence electrons. The third-order valence-corrected chi connectivity index (χ3v) is 4.19. The molecular weight excluding hydrogens is 370 g/mol. The first-order valence-corrected chi connectivity index (χ1v) is 8.42. The minimum absolute atomic E-state index is 0.351. The van der Waals surface area contributed by atoms with Gasteiger partial charge in [0.25, 0.3) is 5.91 Å². The van der Waals surface area contributed by atoms with Crippen molar-refractivity contribution < 1.29 is 14.3 Å². The fraction of sp³-hybridized carbons (Fsp3) is 0.263. The fourth-order valence-electron chi connectivity index (χ4n) is 2.47. The molecule has 0 spiro atoms. The predicted octanol–water partition coefficient (Wildman–Crippen LogP) is 4.56. The molecule has 2 rings (SSSR count). The summed E-state index contributed by atoms with van der Waals surface area (Å²) < 4.78 is 6.12. The smallest absolute Gasteiger partial charge is 0.338 e. The van der Waals surface area contributed by atoms with E-state index < -0.39 is 12.1 Å². The third kappa shape index (κ3) is 4.45. The maximum absolute atomic E-state index is 12.3. The number of aryl methyl sites for hydroxylation is 3. The summed E-state index contributed by atoms with van der Waals surface area (Å²) in [6.45, 7) is 7.45. The van der Waals surface area contributed by atoms with E-state index in [4.69, 9.17) is 4.74 Å². The monoisotopic (exact) mass is 389 g/mol. The van der Waals surface area contributed by atoms with Crippen molar-refractivity contribution in [2.45, 2.75) is 33.8 Å². The minimum atomic E-state index is -0.888. The van der Waals surface area contributed by atoms with Crippen LogP contribution in [0.3, 0.4) is 0 Å². The number of rotatable bonds is 4. The molecular formula is C19H20BrNO3. The molecule has 4 nitrogen and oxygen atoms in total. The van der Waals surface area contributed by atoms with E-state index in [1.54, 1.807) is 31.2 Å².